The summed E-state index contributed by atoms with van der Waals surface area (Å²) in [6, 6.07) is 0. The predicted molar refractivity (Wildman–Crippen MR) is 96.7 cm³/mol. The van der Waals surface area contributed by atoms with Crippen LogP contribution in [0.3, 0.4) is 0 Å². The molecule has 0 aliphatic heterocycles. The van der Waals surface area contributed by atoms with Crippen LogP contribution in [0.25, 0.3) is 0 Å². The summed E-state index contributed by atoms with van der Waals surface area (Å²) in [5.41, 5.74) is -0.662. The molecule has 0 radical (unpaired) electrons. The van der Waals surface area contributed by atoms with E-state index in [1.54, 1.807) is 0 Å². The van der Waals surface area contributed by atoms with E-state index in [4.69, 9.17) is 4.74 Å². The highest BCUT2D eigenvalue weighted by Crippen LogP contribution is 2.29. The molecule has 24 heavy (non-hydrogen) atoms. The van der Waals surface area contributed by atoms with Crippen LogP contribution in [0.5, 0.6) is 0 Å². The molecule has 0 aromatic carbocycles. The van der Waals surface area contributed by atoms with E-state index in [1.807, 2.05) is 13.8 Å². The van der Waals surface area contributed by atoms with Crippen LogP contribution in [-0.2, 0) is 19.1 Å². The summed E-state index contributed by atoms with van der Waals surface area (Å²) in [6.07, 6.45) is 7.45. The maximum absolute atomic E-state index is 11.4. The fourth-order valence-corrected chi connectivity index (χ4v) is 2.52. The first-order valence-electron chi connectivity index (χ1n) is 9.19. The van der Waals surface area contributed by atoms with Crippen molar-refractivity contribution in [2.24, 2.45) is 11.3 Å². The van der Waals surface area contributed by atoms with Gasteiger partial charge in [-0.1, -0.05) is 53.4 Å². The molecule has 0 aliphatic carbocycles. The van der Waals surface area contributed by atoms with Gasteiger partial charge in [0, 0.05) is 0 Å². The van der Waals surface area contributed by atoms with Gasteiger partial charge < -0.3 is 14.6 Å². The third-order valence-electron chi connectivity index (χ3n) is 4.54. The highest BCUT2D eigenvalue weighted by atomic mass is 16.5. The second-order valence-electron chi connectivity index (χ2n) is 6.16. The third-order valence-corrected chi connectivity index (χ3v) is 4.54. The molecule has 0 aromatic heterocycles. The molecule has 2 unspecified atom stereocenters. The molecule has 0 saturated heterocycles. The van der Waals surface area contributed by atoms with Crippen molar-refractivity contribution in [3.63, 3.8) is 0 Å². The number of esters is 2. The summed E-state index contributed by atoms with van der Waals surface area (Å²) in [5, 5.41) is 9.20. The zero-order valence-electron chi connectivity index (χ0n) is 16.5. The number of rotatable bonds is 11. The Morgan fingerprint density at radius 3 is 1.92 bits per heavy atom. The first kappa shape index (κ1) is 25.1. The van der Waals surface area contributed by atoms with E-state index in [-0.39, 0.29) is 24.5 Å². The number of hydrogen-bond acceptors (Lipinski definition) is 5. The van der Waals surface area contributed by atoms with Gasteiger partial charge in [0.2, 0.25) is 0 Å². The topological polar surface area (TPSA) is 72.8 Å². The van der Waals surface area contributed by atoms with E-state index in [0.717, 1.165) is 38.5 Å². The Bertz CT molecular complexity index is 324. The lowest BCUT2D eigenvalue weighted by Gasteiger charge is -2.27. The molecule has 0 saturated carbocycles. The summed E-state index contributed by atoms with van der Waals surface area (Å²) < 4.78 is 9.36. The summed E-state index contributed by atoms with van der Waals surface area (Å²) in [5.74, 6) is -0.216. The number of carbonyl (C=O) groups is 2. The van der Waals surface area contributed by atoms with Crippen molar-refractivity contribution in [1.82, 2.24) is 0 Å². The number of unbranched alkanes of at least 4 members (excludes halogenated alkanes) is 2. The molecule has 5 heteroatoms. The number of hydrogen-bond donors (Lipinski definition) is 1. The van der Waals surface area contributed by atoms with Crippen molar-refractivity contribution in [2.75, 3.05) is 20.8 Å². The van der Waals surface area contributed by atoms with E-state index < -0.39 is 5.41 Å². The predicted octanol–water partition coefficient (Wildman–Crippen LogP) is 4.11. The zero-order valence-corrected chi connectivity index (χ0v) is 16.5. The van der Waals surface area contributed by atoms with Gasteiger partial charge >= 0.3 is 11.9 Å². The fraction of sp³-hybridized carbons (Fsp3) is 0.895. The Morgan fingerprint density at radius 1 is 1.00 bits per heavy atom. The largest absolute Gasteiger partial charge is 0.469 e. The summed E-state index contributed by atoms with van der Waals surface area (Å²) in [7, 11) is 2.82. The van der Waals surface area contributed by atoms with Gasteiger partial charge in [-0.3, -0.25) is 9.59 Å². The molecule has 2 atom stereocenters. The molecular formula is C19H38O5. The Labute approximate surface area is 148 Å². The lowest BCUT2D eigenvalue weighted by molar-refractivity contribution is -0.156. The second-order valence-corrected chi connectivity index (χ2v) is 6.16. The molecule has 0 amide bonds. The maximum atomic E-state index is 11.4. The Balaban J connectivity index is 0. The highest BCUT2D eigenvalue weighted by molar-refractivity contribution is 5.76. The van der Waals surface area contributed by atoms with Gasteiger partial charge in [-0.05, 0) is 25.7 Å². The van der Waals surface area contributed by atoms with E-state index in [2.05, 4.69) is 18.6 Å². The molecule has 0 fully saturated rings. The molecule has 0 aliphatic rings. The van der Waals surface area contributed by atoms with Crippen molar-refractivity contribution in [3.8, 4) is 0 Å². The first-order chi connectivity index (χ1) is 11.4. The fourth-order valence-electron chi connectivity index (χ4n) is 2.52. The van der Waals surface area contributed by atoms with Gasteiger partial charge in [0.15, 0.2) is 0 Å². The van der Waals surface area contributed by atoms with Crippen LogP contribution in [0.4, 0.5) is 0 Å². The summed E-state index contributed by atoms with van der Waals surface area (Å²) >= 11 is 0. The minimum absolute atomic E-state index is 0.0547. The minimum atomic E-state index is -0.662. The molecule has 0 spiro atoms. The van der Waals surface area contributed by atoms with Gasteiger partial charge in [-0.2, -0.15) is 0 Å². The Hall–Kier alpha value is -1.10. The number of carbonyl (C=O) groups excluding carboxylic acids is 2. The van der Waals surface area contributed by atoms with Crippen LogP contribution >= 0.6 is 0 Å². The molecule has 1 N–H and O–H groups in total. The van der Waals surface area contributed by atoms with Crippen molar-refractivity contribution in [1.29, 1.82) is 0 Å². The van der Waals surface area contributed by atoms with Crippen LogP contribution in [0.1, 0.15) is 79.1 Å². The van der Waals surface area contributed by atoms with Crippen molar-refractivity contribution < 1.29 is 24.2 Å². The van der Waals surface area contributed by atoms with Gasteiger partial charge in [0.1, 0.15) is 0 Å². The molecule has 0 heterocycles. The zero-order chi connectivity index (χ0) is 19.0. The van der Waals surface area contributed by atoms with Gasteiger partial charge in [-0.25, -0.2) is 0 Å². The van der Waals surface area contributed by atoms with Crippen LogP contribution in [0, 0.1) is 11.3 Å². The molecule has 0 rings (SSSR count). The Kier molecular flexibility index (Phi) is 16.2. The maximum Gasteiger partial charge on any atom is 0.314 e. The number of ether oxygens (including phenoxy) is 2. The standard InChI is InChI=1S/C10H20O3.C9H18O2/c1-4-6-7-10(5-2,8-11)9(12)13-3;1-4-6-7-8(5-2)9(10)11-3/h11H,4-8H2,1-3H3;8H,4-7H2,1-3H3. The molecule has 0 aromatic rings. The highest BCUT2D eigenvalue weighted by Gasteiger charge is 2.36. The average molecular weight is 347 g/mol. The van der Waals surface area contributed by atoms with Gasteiger partial charge in [0.05, 0.1) is 32.2 Å². The molecule has 144 valence electrons. The van der Waals surface area contributed by atoms with Crippen molar-refractivity contribution >= 4 is 11.9 Å². The summed E-state index contributed by atoms with van der Waals surface area (Å²) in [4.78, 5) is 22.4. The second kappa shape index (κ2) is 15.4. The van der Waals surface area contributed by atoms with Gasteiger partial charge in [0.25, 0.3) is 0 Å². The SMILES string of the molecule is CCCCC(CC)(CO)C(=O)OC.CCCCC(CC)C(=O)OC. The molecule has 5 nitrogen and oxygen atoms in total. The smallest absolute Gasteiger partial charge is 0.314 e. The van der Waals surface area contributed by atoms with Gasteiger partial charge in [-0.15, -0.1) is 0 Å². The van der Waals surface area contributed by atoms with Crippen LogP contribution in [0.2, 0.25) is 0 Å². The van der Waals surface area contributed by atoms with E-state index in [9.17, 15) is 14.7 Å². The van der Waals surface area contributed by atoms with Crippen LogP contribution in [-0.4, -0.2) is 37.9 Å². The monoisotopic (exact) mass is 346 g/mol. The van der Waals surface area contributed by atoms with E-state index in [1.165, 1.54) is 14.2 Å². The van der Waals surface area contributed by atoms with E-state index >= 15 is 0 Å². The first-order valence-corrected chi connectivity index (χ1v) is 9.19. The van der Waals surface area contributed by atoms with Crippen molar-refractivity contribution in [3.05, 3.63) is 0 Å². The lowest BCUT2D eigenvalue weighted by atomic mass is 9.81. The number of methoxy groups -OCH3 is 2. The normalized spacial score (nSPS) is 14.0. The van der Waals surface area contributed by atoms with Crippen LogP contribution < -0.4 is 0 Å². The lowest BCUT2D eigenvalue weighted by Crippen LogP contribution is -2.35. The summed E-state index contributed by atoms with van der Waals surface area (Å²) in [6.45, 7) is 8.01. The van der Waals surface area contributed by atoms with Crippen LogP contribution in [0.15, 0.2) is 0 Å². The van der Waals surface area contributed by atoms with Crippen molar-refractivity contribution in [2.45, 2.75) is 79.1 Å². The quantitative estimate of drug-likeness (QED) is 0.570. The minimum Gasteiger partial charge on any atom is -0.469 e. The van der Waals surface area contributed by atoms with E-state index in [0.29, 0.717) is 12.8 Å². The average Bonchev–Trinajstić information content (AvgIpc) is 2.63. The molecule has 0 bridgehead atoms. The third kappa shape index (κ3) is 9.26. The number of aliphatic hydroxyl groups excluding tert-OH is 1. The Morgan fingerprint density at radius 2 is 1.58 bits per heavy atom. The number of aliphatic hydroxyl groups is 1. The molecular weight excluding hydrogens is 308 g/mol.